The van der Waals surface area contributed by atoms with E-state index in [0.717, 1.165) is 22.3 Å². The van der Waals surface area contributed by atoms with Crippen molar-refractivity contribution in [2.24, 2.45) is 0 Å². The third kappa shape index (κ3) is 4.70. The number of carbonyl (C=O) groups excluding carboxylic acids is 2. The van der Waals surface area contributed by atoms with Gasteiger partial charge in [0.2, 0.25) is 0 Å². The van der Waals surface area contributed by atoms with Crippen molar-refractivity contribution in [2.75, 3.05) is 11.5 Å². The Morgan fingerprint density at radius 2 is 0.710 bits per heavy atom. The van der Waals surface area contributed by atoms with Gasteiger partial charge in [0.1, 0.15) is 0 Å². The first kappa shape index (κ1) is 20.1. The molecule has 0 saturated carbocycles. The summed E-state index contributed by atoms with van der Waals surface area (Å²) in [4.78, 5) is 25.2. The highest BCUT2D eigenvalue weighted by Gasteiger charge is 2.14. The number of hydrogen-bond donors (Lipinski definition) is 2. The smallest absolute Gasteiger partial charge is 0.170 e. The standard InChI is InChI=1S/C27H22N2O2/c28-24-13-9-20(10-14-24)18-1-5-22(6-2-18)26(30)17-27(31)23-7-3-19(4-8-23)21-11-15-25(29)16-12-21/h1-16H,17,28-29H2. The average molecular weight is 406 g/mol. The van der Waals surface area contributed by atoms with Crippen LogP contribution in [-0.4, -0.2) is 11.6 Å². The minimum Gasteiger partial charge on any atom is -0.399 e. The number of anilines is 2. The molecule has 0 bridgehead atoms. The molecule has 0 aliphatic rings. The van der Waals surface area contributed by atoms with Crippen LogP contribution < -0.4 is 11.5 Å². The van der Waals surface area contributed by atoms with Crippen LogP contribution in [0, 0.1) is 0 Å². The summed E-state index contributed by atoms with van der Waals surface area (Å²) < 4.78 is 0. The van der Waals surface area contributed by atoms with Crippen LogP contribution >= 0.6 is 0 Å². The van der Waals surface area contributed by atoms with Crippen molar-refractivity contribution in [3.63, 3.8) is 0 Å². The molecule has 0 aliphatic carbocycles. The van der Waals surface area contributed by atoms with Gasteiger partial charge in [0, 0.05) is 22.5 Å². The highest BCUT2D eigenvalue weighted by atomic mass is 16.1. The van der Waals surface area contributed by atoms with Crippen LogP contribution in [0.4, 0.5) is 11.4 Å². The van der Waals surface area contributed by atoms with Gasteiger partial charge in [0.15, 0.2) is 11.6 Å². The van der Waals surface area contributed by atoms with E-state index in [0.29, 0.717) is 22.5 Å². The first-order chi connectivity index (χ1) is 15.0. The fraction of sp³-hybridized carbons (Fsp3) is 0.0370. The number of rotatable bonds is 6. The molecule has 0 saturated heterocycles. The lowest BCUT2D eigenvalue weighted by atomic mass is 9.97. The third-order valence-corrected chi connectivity index (χ3v) is 5.22. The summed E-state index contributed by atoms with van der Waals surface area (Å²) in [5, 5.41) is 0. The number of benzene rings is 4. The Morgan fingerprint density at radius 1 is 0.452 bits per heavy atom. The zero-order valence-corrected chi connectivity index (χ0v) is 16.9. The molecule has 0 radical (unpaired) electrons. The first-order valence-electron chi connectivity index (χ1n) is 9.98. The molecule has 0 amide bonds. The Hall–Kier alpha value is -4.18. The van der Waals surface area contributed by atoms with Gasteiger partial charge < -0.3 is 11.5 Å². The summed E-state index contributed by atoms with van der Waals surface area (Å²) >= 11 is 0. The first-order valence-corrected chi connectivity index (χ1v) is 9.98. The van der Waals surface area contributed by atoms with Crippen molar-refractivity contribution < 1.29 is 9.59 Å². The summed E-state index contributed by atoms with van der Waals surface area (Å²) in [6.07, 6.45) is -0.164. The Kier molecular flexibility index (Phi) is 5.63. The zero-order chi connectivity index (χ0) is 21.8. The van der Waals surface area contributed by atoms with E-state index in [-0.39, 0.29) is 18.0 Å². The van der Waals surface area contributed by atoms with Gasteiger partial charge in [-0.1, -0.05) is 72.8 Å². The average Bonchev–Trinajstić information content (AvgIpc) is 2.80. The molecule has 4 rings (SSSR count). The van der Waals surface area contributed by atoms with Crippen molar-refractivity contribution in [3.05, 3.63) is 108 Å². The third-order valence-electron chi connectivity index (χ3n) is 5.22. The summed E-state index contributed by atoms with van der Waals surface area (Å²) in [6.45, 7) is 0. The van der Waals surface area contributed by atoms with E-state index in [4.69, 9.17) is 11.5 Å². The molecule has 4 heteroatoms. The van der Waals surface area contributed by atoms with E-state index in [1.165, 1.54) is 0 Å². The molecular weight excluding hydrogens is 384 g/mol. The van der Waals surface area contributed by atoms with Crippen molar-refractivity contribution in [2.45, 2.75) is 6.42 Å². The van der Waals surface area contributed by atoms with Gasteiger partial charge in [0.05, 0.1) is 6.42 Å². The second-order valence-corrected chi connectivity index (χ2v) is 7.42. The molecular formula is C27H22N2O2. The predicted octanol–water partition coefficient (Wildman–Crippen LogP) is 5.64. The Morgan fingerprint density at radius 3 is 1.00 bits per heavy atom. The van der Waals surface area contributed by atoms with E-state index in [9.17, 15) is 9.59 Å². The van der Waals surface area contributed by atoms with E-state index >= 15 is 0 Å². The minimum atomic E-state index is -0.198. The van der Waals surface area contributed by atoms with Gasteiger partial charge in [0.25, 0.3) is 0 Å². The number of Topliss-reactive ketones (excluding diaryl/α,β-unsaturated/α-hetero) is 2. The fourth-order valence-corrected chi connectivity index (χ4v) is 3.40. The van der Waals surface area contributed by atoms with Crippen LogP contribution in [0.2, 0.25) is 0 Å². The van der Waals surface area contributed by atoms with Crippen molar-refractivity contribution in [1.82, 2.24) is 0 Å². The molecule has 0 spiro atoms. The molecule has 31 heavy (non-hydrogen) atoms. The summed E-state index contributed by atoms with van der Waals surface area (Å²) in [5.41, 5.74) is 17.9. The maximum Gasteiger partial charge on any atom is 0.170 e. The van der Waals surface area contributed by atoms with Crippen molar-refractivity contribution in [1.29, 1.82) is 0 Å². The summed E-state index contributed by atoms with van der Waals surface area (Å²) in [7, 11) is 0. The number of nitrogens with two attached hydrogens (primary N) is 2. The highest BCUT2D eigenvalue weighted by Crippen LogP contribution is 2.23. The van der Waals surface area contributed by atoms with E-state index < -0.39 is 0 Å². The van der Waals surface area contributed by atoms with Gasteiger partial charge >= 0.3 is 0 Å². The molecule has 4 nitrogen and oxygen atoms in total. The molecule has 0 unspecified atom stereocenters. The molecule has 4 aromatic rings. The molecule has 0 atom stereocenters. The van der Waals surface area contributed by atoms with Crippen molar-refractivity contribution in [3.8, 4) is 22.3 Å². The molecule has 0 fully saturated rings. The second-order valence-electron chi connectivity index (χ2n) is 7.42. The van der Waals surface area contributed by atoms with E-state index in [1.807, 2.05) is 72.8 Å². The monoisotopic (exact) mass is 406 g/mol. The van der Waals surface area contributed by atoms with Crippen LogP contribution in [0.3, 0.4) is 0 Å². The topological polar surface area (TPSA) is 86.2 Å². The minimum absolute atomic E-state index is 0.164. The second kappa shape index (κ2) is 8.67. The maximum absolute atomic E-state index is 12.6. The molecule has 152 valence electrons. The van der Waals surface area contributed by atoms with E-state index in [2.05, 4.69) is 0 Å². The van der Waals surface area contributed by atoms with Gasteiger partial charge in [-0.05, 0) is 46.5 Å². The molecule has 0 aromatic heterocycles. The zero-order valence-electron chi connectivity index (χ0n) is 16.9. The SMILES string of the molecule is Nc1ccc(-c2ccc(C(=O)CC(=O)c3ccc(-c4ccc(N)cc4)cc3)cc2)cc1. The number of nitrogen functional groups attached to an aromatic ring is 2. The molecule has 4 N–H and O–H groups in total. The Balaban J connectivity index is 1.42. The van der Waals surface area contributed by atoms with Crippen LogP contribution in [0.25, 0.3) is 22.3 Å². The molecule has 0 aliphatic heterocycles. The maximum atomic E-state index is 12.6. The van der Waals surface area contributed by atoms with E-state index in [1.54, 1.807) is 24.3 Å². The quantitative estimate of drug-likeness (QED) is 0.246. The molecule has 4 aromatic carbocycles. The lowest BCUT2D eigenvalue weighted by molar-refractivity contribution is 0.0894. The molecule has 0 heterocycles. The Bertz CT molecular complexity index is 1110. The van der Waals surface area contributed by atoms with Crippen LogP contribution in [-0.2, 0) is 0 Å². The lowest BCUT2D eigenvalue weighted by Crippen LogP contribution is -2.08. The lowest BCUT2D eigenvalue weighted by Gasteiger charge is -2.06. The largest absolute Gasteiger partial charge is 0.399 e. The number of hydrogen-bond acceptors (Lipinski definition) is 4. The summed E-state index contributed by atoms with van der Waals surface area (Å²) in [6, 6.07) is 29.6. The highest BCUT2D eigenvalue weighted by molar-refractivity contribution is 6.13. The predicted molar refractivity (Wildman–Crippen MR) is 126 cm³/mol. The normalized spacial score (nSPS) is 10.6. The van der Waals surface area contributed by atoms with Crippen molar-refractivity contribution >= 4 is 22.9 Å². The van der Waals surface area contributed by atoms with Gasteiger partial charge in [-0.2, -0.15) is 0 Å². The fourth-order valence-electron chi connectivity index (χ4n) is 3.40. The van der Waals surface area contributed by atoms with Gasteiger partial charge in [-0.25, -0.2) is 0 Å². The Labute approximate surface area is 181 Å². The van der Waals surface area contributed by atoms with Gasteiger partial charge in [-0.3, -0.25) is 9.59 Å². The van der Waals surface area contributed by atoms with Crippen LogP contribution in [0.15, 0.2) is 97.1 Å². The van der Waals surface area contributed by atoms with Crippen LogP contribution in [0.1, 0.15) is 27.1 Å². The van der Waals surface area contributed by atoms with Crippen LogP contribution in [0.5, 0.6) is 0 Å². The van der Waals surface area contributed by atoms with Gasteiger partial charge in [-0.15, -0.1) is 0 Å². The summed E-state index contributed by atoms with van der Waals surface area (Å²) in [5.74, 6) is -0.395. The number of ketones is 2. The number of carbonyl (C=O) groups is 2.